The summed E-state index contributed by atoms with van der Waals surface area (Å²) in [4.78, 5) is 0. The standard InChI is InChI=1S/C14H12BrF2N/c1-8-5-6-11(16)9(7-8)14(18)13-10(15)3-2-4-12(13)17/h2-7,14H,18H2,1H3. The molecule has 4 heteroatoms. The fourth-order valence-corrected chi connectivity index (χ4v) is 2.45. The van der Waals surface area contributed by atoms with Gasteiger partial charge in [0.15, 0.2) is 0 Å². The van der Waals surface area contributed by atoms with E-state index < -0.39 is 17.7 Å². The predicted molar refractivity (Wildman–Crippen MR) is 71.3 cm³/mol. The summed E-state index contributed by atoms with van der Waals surface area (Å²) in [6.45, 7) is 1.84. The molecule has 18 heavy (non-hydrogen) atoms. The van der Waals surface area contributed by atoms with Crippen LogP contribution in [0.4, 0.5) is 8.78 Å². The lowest BCUT2D eigenvalue weighted by molar-refractivity contribution is 0.574. The van der Waals surface area contributed by atoms with Crippen molar-refractivity contribution in [2.75, 3.05) is 0 Å². The molecule has 1 atom stereocenters. The summed E-state index contributed by atoms with van der Waals surface area (Å²) < 4.78 is 28.1. The third kappa shape index (κ3) is 2.44. The van der Waals surface area contributed by atoms with Crippen LogP contribution in [0, 0.1) is 18.6 Å². The van der Waals surface area contributed by atoms with Crippen molar-refractivity contribution in [3.63, 3.8) is 0 Å². The summed E-state index contributed by atoms with van der Waals surface area (Å²) in [6, 6.07) is 8.38. The topological polar surface area (TPSA) is 26.0 Å². The molecule has 0 saturated heterocycles. The van der Waals surface area contributed by atoms with Crippen LogP contribution in [0.2, 0.25) is 0 Å². The highest BCUT2D eigenvalue weighted by Crippen LogP contribution is 2.30. The fraction of sp³-hybridized carbons (Fsp3) is 0.143. The third-order valence-corrected chi connectivity index (χ3v) is 3.49. The second-order valence-electron chi connectivity index (χ2n) is 4.14. The van der Waals surface area contributed by atoms with Gasteiger partial charge in [0.2, 0.25) is 0 Å². The van der Waals surface area contributed by atoms with Gasteiger partial charge in [-0.15, -0.1) is 0 Å². The van der Waals surface area contributed by atoms with E-state index in [1.54, 1.807) is 24.3 Å². The maximum Gasteiger partial charge on any atom is 0.129 e. The summed E-state index contributed by atoms with van der Waals surface area (Å²) in [7, 11) is 0. The maximum absolute atomic E-state index is 13.8. The molecular formula is C14H12BrF2N. The molecule has 0 saturated carbocycles. The highest BCUT2D eigenvalue weighted by atomic mass is 79.9. The van der Waals surface area contributed by atoms with E-state index in [1.165, 1.54) is 12.1 Å². The molecule has 1 unspecified atom stereocenters. The van der Waals surface area contributed by atoms with Gasteiger partial charge in [-0.1, -0.05) is 39.7 Å². The Bertz CT molecular complexity index is 564. The third-order valence-electron chi connectivity index (χ3n) is 2.80. The molecule has 0 spiro atoms. The Labute approximate surface area is 113 Å². The molecule has 2 rings (SSSR count). The van der Waals surface area contributed by atoms with Crippen molar-refractivity contribution in [1.82, 2.24) is 0 Å². The Morgan fingerprint density at radius 1 is 1.11 bits per heavy atom. The van der Waals surface area contributed by atoms with E-state index in [-0.39, 0.29) is 5.56 Å². The Balaban J connectivity index is 2.54. The first kappa shape index (κ1) is 13.2. The molecule has 1 nitrogen and oxygen atoms in total. The van der Waals surface area contributed by atoms with Crippen molar-refractivity contribution in [2.24, 2.45) is 5.73 Å². The summed E-state index contributed by atoms with van der Waals surface area (Å²) in [5.41, 5.74) is 7.42. The Hall–Kier alpha value is -1.26. The van der Waals surface area contributed by atoms with Crippen LogP contribution in [-0.4, -0.2) is 0 Å². The quantitative estimate of drug-likeness (QED) is 0.888. The van der Waals surface area contributed by atoms with Crippen LogP contribution in [0.1, 0.15) is 22.7 Å². The number of benzene rings is 2. The van der Waals surface area contributed by atoms with Crippen LogP contribution in [-0.2, 0) is 0 Å². The van der Waals surface area contributed by atoms with Crippen molar-refractivity contribution >= 4 is 15.9 Å². The molecule has 0 fully saturated rings. The number of nitrogens with two attached hydrogens (primary N) is 1. The van der Waals surface area contributed by atoms with E-state index in [0.29, 0.717) is 10.0 Å². The lowest BCUT2D eigenvalue weighted by Crippen LogP contribution is -2.16. The minimum atomic E-state index is -0.833. The maximum atomic E-state index is 13.8. The molecule has 0 amide bonds. The van der Waals surface area contributed by atoms with Crippen LogP contribution < -0.4 is 5.73 Å². The van der Waals surface area contributed by atoms with Gasteiger partial charge in [0.25, 0.3) is 0 Å². The van der Waals surface area contributed by atoms with Crippen molar-refractivity contribution < 1.29 is 8.78 Å². The number of aryl methyl sites for hydroxylation is 1. The predicted octanol–water partition coefficient (Wildman–Crippen LogP) is 4.08. The van der Waals surface area contributed by atoms with Gasteiger partial charge in [0.1, 0.15) is 11.6 Å². The second-order valence-corrected chi connectivity index (χ2v) is 4.99. The van der Waals surface area contributed by atoms with Crippen molar-refractivity contribution in [1.29, 1.82) is 0 Å². The van der Waals surface area contributed by atoms with Gasteiger partial charge in [-0.2, -0.15) is 0 Å². The number of hydrogen-bond donors (Lipinski definition) is 1. The highest BCUT2D eigenvalue weighted by Gasteiger charge is 2.19. The summed E-state index contributed by atoms with van der Waals surface area (Å²) >= 11 is 3.25. The van der Waals surface area contributed by atoms with Crippen LogP contribution in [0.15, 0.2) is 40.9 Å². The molecular weight excluding hydrogens is 300 g/mol. The van der Waals surface area contributed by atoms with Crippen molar-refractivity contribution in [3.05, 3.63) is 69.2 Å². The molecule has 0 radical (unpaired) electrons. The molecule has 2 N–H and O–H groups in total. The largest absolute Gasteiger partial charge is 0.320 e. The number of hydrogen-bond acceptors (Lipinski definition) is 1. The summed E-state index contributed by atoms with van der Waals surface area (Å²) in [5.74, 6) is -0.874. The van der Waals surface area contributed by atoms with Crippen LogP contribution >= 0.6 is 15.9 Å². The fourth-order valence-electron chi connectivity index (χ4n) is 1.86. The van der Waals surface area contributed by atoms with E-state index in [9.17, 15) is 8.78 Å². The minimum absolute atomic E-state index is 0.266. The van der Waals surface area contributed by atoms with Crippen molar-refractivity contribution in [3.8, 4) is 0 Å². The van der Waals surface area contributed by atoms with Gasteiger partial charge in [-0.25, -0.2) is 8.78 Å². The molecule has 0 aromatic heterocycles. The summed E-state index contributed by atoms with van der Waals surface area (Å²) in [5, 5.41) is 0. The van der Waals surface area contributed by atoms with Gasteiger partial charge in [-0.3, -0.25) is 0 Å². The SMILES string of the molecule is Cc1ccc(F)c(C(N)c2c(F)cccc2Br)c1. The zero-order chi connectivity index (χ0) is 13.3. The highest BCUT2D eigenvalue weighted by molar-refractivity contribution is 9.10. The first-order valence-electron chi connectivity index (χ1n) is 5.46. The first-order chi connectivity index (χ1) is 8.50. The Morgan fingerprint density at radius 2 is 1.83 bits per heavy atom. The zero-order valence-corrected chi connectivity index (χ0v) is 11.3. The molecule has 0 heterocycles. The van der Waals surface area contributed by atoms with Crippen molar-refractivity contribution in [2.45, 2.75) is 13.0 Å². The van der Waals surface area contributed by atoms with Crippen LogP contribution in [0.3, 0.4) is 0 Å². The van der Waals surface area contributed by atoms with Crippen LogP contribution in [0.25, 0.3) is 0 Å². The van der Waals surface area contributed by atoms with Gasteiger partial charge in [0, 0.05) is 15.6 Å². The number of rotatable bonds is 2. The van der Waals surface area contributed by atoms with E-state index >= 15 is 0 Å². The smallest absolute Gasteiger partial charge is 0.129 e. The molecule has 0 bridgehead atoms. The molecule has 0 aliphatic heterocycles. The molecule has 0 aliphatic carbocycles. The average molecular weight is 312 g/mol. The monoisotopic (exact) mass is 311 g/mol. The van der Waals surface area contributed by atoms with Gasteiger partial charge < -0.3 is 5.73 Å². The zero-order valence-electron chi connectivity index (χ0n) is 9.75. The summed E-state index contributed by atoms with van der Waals surface area (Å²) in [6.07, 6.45) is 0. The van der Waals surface area contributed by atoms with E-state index in [2.05, 4.69) is 15.9 Å². The molecule has 0 aliphatic rings. The lowest BCUT2D eigenvalue weighted by atomic mass is 9.97. The van der Waals surface area contributed by atoms with Crippen LogP contribution in [0.5, 0.6) is 0 Å². The molecule has 2 aromatic rings. The van der Waals surface area contributed by atoms with E-state index in [4.69, 9.17) is 5.73 Å². The van der Waals surface area contributed by atoms with E-state index in [1.807, 2.05) is 6.92 Å². The minimum Gasteiger partial charge on any atom is -0.320 e. The molecule has 94 valence electrons. The number of halogens is 3. The van der Waals surface area contributed by atoms with Gasteiger partial charge in [0.05, 0.1) is 6.04 Å². The Kier molecular flexibility index (Phi) is 3.78. The average Bonchev–Trinajstić information content (AvgIpc) is 2.32. The Morgan fingerprint density at radius 3 is 2.50 bits per heavy atom. The van der Waals surface area contributed by atoms with Gasteiger partial charge >= 0.3 is 0 Å². The van der Waals surface area contributed by atoms with E-state index in [0.717, 1.165) is 5.56 Å². The second kappa shape index (κ2) is 5.16. The lowest BCUT2D eigenvalue weighted by Gasteiger charge is -2.16. The van der Waals surface area contributed by atoms with Gasteiger partial charge in [-0.05, 0) is 25.1 Å². The first-order valence-corrected chi connectivity index (χ1v) is 6.25. The molecule has 2 aromatic carbocycles. The normalized spacial score (nSPS) is 12.5.